The lowest BCUT2D eigenvalue weighted by molar-refractivity contribution is -0.148. The zero-order chi connectivity index (χ0) is 56.9. The van der Waals surface area contributed by atoms with E-state index >= 15 is 9.59 Å². The summed E-state index contributed by atoms with van der Waals surface area (Å²) in [6, 6.07) is 32.7. The minimum absolute atomic E-state index is 0.0150. The number of carboxylic acid groups (broad SMARTS) is 1. The highest BCUT2D eigenvalue weighted by Crippen LogP contribution is 2.31. The molecule has 0 heterocycles. The average Bonchev–Trinajstić information content (AvgIpc) is 3.45. The van der Waals surface area contributed by atoms with E-state index in [-0.39, 0.29) is 55.8 Å². The number of nitrogens with two attached hydrogens (primary N) is 1. The van der Waals surface area contributed by atoms with E-state index in [9.17, 15) is 24.3 Å². The largest absolute Gasteiger partial charge is 0.497 e. The molecule has 0 saturated heterocycles. The van der Waals surface area contributed by atoms with Crippen molar-refractivity contribution in [1.82, 2.24) is 19.6 Å². The lowest BCUT2D eigenvalue weighted by Crippen LogP contribution is -2.52. The second-order valence-corrected chi connectivity index (χ2v) is 18.8. The van der Waals surface area contributed by atoms with Crippen LogP contribution in [-0.4, -0.2) is 153 Å². The SMILES string of the molecule is COc1ccc([C@H](C)N(CC(=O)N(CCCOC(C)C)CC(=O)N(CC(=O)N(CCc2ccccc2Oc2ccccc2)CC(=O)O)c2cc(OC)cc(OC)c2)C(=O)CN(C(=O)[C@@H](C)N)[C@@H](C)c2ccc(OC)cc2)cc1. The summed E-state index contributed by atoms with van der Waals surface area (Å²) in [6.45, 7) is 5.99. The minimum atomic E-state index is -1.28. The molecule has 19 heteroatoms. The Morgan fingerprint density at radius 1 is 0.526 bits per heavy atom. The summed E-state index contributed by atoms with van der Waals surface area (Å²) in [4.78, 5) is 92.3. The lowest BCUT2D eigenvalue weighted by Gasteiger charge is -2.36. The van der Waals surface area contributed by atoms with Crippen molar-refractivity contribution >= 4 is 41.2 Å². The van der Waals surface area contributed by atoms with Crippen molar-refractivity contribution in [3.63, 3.8) is 0 Å². The van der Waals surface area contributed by atoms with Crippen LogP contribution in [0.3, 0.4) is 0 Å². The summed E-state index contributed by atoms with van der Waals surface area (Å²) in [6.07, 6.45) is 0.341. The molecule has 5 aromatic rings. The molecule has 5 rings (SSSR count). The van der Waals surface area contributed by atoms with E-state index in [2.05, 4.69) is 0 Å². The number of aliphatic carboxylic acids is 1. The van der Waals surface area contributed by atoms with Crippen LogP contribution in [0.2, 0.25) is 0 Å². The van der Waals surface area contributed by atoms with Crippen LogP contribution in [-0.2, 0) is 39.9 Å². The number of rotatable bonds is 30. The number of para-hydroxylation sites is 2. The van der Waals surface area contributed by atoms with E-state index in [0.717, 1.165) is 9.80 Å². The van der Waals surface area contributed by atoms with Crippen LogP contribution in [0.5, 0.6) is 34.5 Å². The fourth-order valence-electron chi connectivity index (χ4n) is 8.47. The number of ether oxygens (including phenoxy) is 6. The van der Waals surface area contributed by atoms with Gasteiger partial charge >= 0.3 is 5.97 Å². The molecule has 0 aliphatic rings. The third-order valence-corrected chi connectivity index (χ3v) is 13.0. The molecule has 19 nitrogen and oxygen atoms in total. The van der Waals surface area contributed by atoms with E-state index < -0.39 is 86.4 Å². The molecular formula is C59H74N6O13. The van der Waals surface area contributed by atoms with E-state index in [0.29, 0.717) is 39.7 Å². The molecule has 3 N–H and O–H groups in total. The van der Waals surface area contributed by atoms with Crippen molar-refractivity contribution in [1.29, 1.82) is 0 Å². The molecule has 0 spiro atoms. The predicted octanol–water partition coefficient (Wildman–Crippen LogP) is 7.17. The van der Waals surface area contributed by atoms with Crippen molar-refractivity contribution in [2.45, 2.75) is 71.7 Å². The van der Waals surface area contributed by atoms with Gasteiger partial charge in [0, 0.05) is 37.9 Å². The highest BCUT2D eigenvalue weighted by Gasteiger charge is 2.34. The Morgan fingerprint density at radius 2 is 1.04 bits per heavy atom. The molecule has 0 aliphatic carbocycles. The molecule has 418 valence electrons. The first-order valence-electron chi connectivity index (χ1n) is 25.7. The van der Waals surface area contributed by atoms with Crippen LogP contribution in [0.25, 0.3) is 0 Å². The molecule has 5 aromatic carbocycles. The summed E-state index contributed by atoms with van der Waals surface area (Å²) in [5.41, 5.74) is 8.40. The Balaban J connectivity index is 1.51. The van der Waals surface area contributed by atoms with Gasteiger partial charge in [0.1, 0.15) is 67.2 Å². The number of hydrogen-bond donors (Lipinski definition) is 2. The van der Waals surface area contributed by atoms with Gasteiger partial charge in [-0.15, -0.1) is 0 Å². The highest BCUT2D eigenvalue weighted by molar-refractivity contribution is 6.02. The van der Waals surface area contributed by atoms with Gasteiger partial charge in [0.2, 0.25) is 29.5 Å². The Bertz CT molecular complexity index is 2740. The molecule has 0 aliphatic heterocycles. The van der Waals surface area contributed by atoms with E-state index in [1.54, 1.807) is 99.8 Å². The first kappa shape index (κ1) is 60.7. The number of nitrogens with zero attached hydrogens (tertiary/aromatic N) is 5. The number of carbonyl (C=O) groups excluding carboxylic acids is 5. The molecule has 0 saturated carbocycles. The lowest BCUT2D eigenvalue weighted by atomic mass is 10.0. The average molecular weight is 1080 g/mol. The molecule has 78 heavy (non-hydrogen) atoms. The molecule has 0 unspecified atom stereocenters. The molecule has 5 amide bonds. The molecule has 0 aromatic heterocycles. The number of amides is 5. The number of methoxy groups -OCH3 is 4. The molecule has 3 atom stereocenters. The minimum Gasteiger partial charge on any atom is -0.497 e. The smallest absolute Gasteiger partial charge is 0.323 e. The maximum absolute atomic E-state index is 15.1. The quantitative estimate of drug-likeness (QED) is 0.0436. The Morgan fingerprint density at radius 3 is 1.58 bits per heavy atom. The van der Waals surface area contributed by atoms with Gasteiger partial charge in [-0.25, -0.2) is 0 Å². The van der Waals surface area contributed by atoms with E-state index in [1.165, 1.54) is 55.1 Å². The zero-order valence-corrected chi connectivity index (χ0v) is 46.1. The first-order chi connectivity index (χ1) is 37.3. The molecule has 0 radical (unpaired) electrons. The van der Waals surface area contributed by atoms with Crippen molar-refractivity contribution in [2.75, 3.05) is 85.8 Å². The number of anilines is 1. The van der Waals surface area contributed by atoms with Crippen molar-refractivity contribution in [2.24, 2.45) is 5.73 Å². The highest BCUT2D eigenvalue weighted by atomic mass is 16.5. The fourth-order valence-corrected chi connectivity index (χ4v) is 8.47. The maximum Gasteiger partial charge on any atom is 0.323 e. The standard InChI is InChI=1S/C59H74N6O13/c1-40(2)77-31-15-29-61(54(66)36-63(42(4)44-20-24-48(73-6)25-21-44)57(69)38-64(59(72)41(3)60)43(5)45-22-26-49(74-7)27-23-45)35-56(68)65(47-32-51(75-8)34-52(33-47)76-9)37-55(67)62(39-58(70)71)30-28-46-16-13-14-19-53(46)78-50-17-11-10-12-18-50/h10-14,16-27,32-34,40-43H,15,28-31,35-39,60H2,1-9H3,(H,70,71)/t41-,42+,43+/m1/s1. The summed E-state index contributed by atoms with van der Waals surface area (Å²) >= 11 is 0. The van der Waals surface area contributed by atoms with Crippen molar-refractivity contribution < 1.29 is 62.3 Å². The van der Waals surface area contributed by atoms with Gasteiger partial charge in [-0.05, 0) is 107 Å². The summed E-state index contributed by atoms with van der Waals surface area (Å²) in [5.74, 6) is -1.58. The molecular weight excluding hydrogens is 1000 g/mol. The van der Waals surface area contributed by atoms with Gasteiger partial charge in [-0.1, -0.05) is 60.7 Å². The first-order valence-corrected chi connectivity index (χ1v) is 25.7. The summed E-state index contributed by atoms with van der Waals surface area (Å²) in [5, 5.41) is 10.1. The second kappa shape index (κ2) is 30.0. The van der Waals surface area contributed by atoms with E-state index in [1.807, 2.05) is 44.2 Å². The van der Waals surface area contributed by atoms with Gasteiger partial charge in [-0.3, -0.25) is 28.8 Å². The normalized spacial score (nSPS) is 12.1. The second-order valence-electron chi connectivity index (χ2n) is 18.8. The predicted molar refractivity (Wildman–Crippen MR) is 295 cm³/mol. The van der Waals surface area contributed by atoms with Crippen LogP contribution >= 0.6 is 0 Å². The fraction of sp³-hybridized carbons (Fsp3) is 0.390. The maximum atomic E-state index is 15.1. The van der Waals surface area contributed by atoms with Gasteiger partial charge in [-0.2, -0.15) is 0 Å². The van der Waals surface area contributed by atoms with Crippen LogP contribution in [0.4, 0.5) is 5.69 Å². The topological polar surface area (TPSA) is 220 Å². The van der Waals surface area contributed by atoms with Crippen LogP contribution in [0.1, 0.15) is 69.8 Å². The Kier molecular flexibility index (Phi) is 23.3. The Hall–Kier alpha value is -8.16. The van der Waals surface area contributed by atoms with Crippen molar-refractivity contribution in [3.8, 4) is 34.5 Å². The number of carbonyl (C=O) groups is 6. The van der Waals surface area contributed by atoms with Gasteiger partial charge in [0.05, 0.1) is 58.4 Å². The van der Waals surface area contributed by atoms with Gasteiger partial charge < -0.3 is 63.8 Å². The molecule has 0 bridgehead atoms. The Labute approximate surface area is 457 Å². The van der Waals surface area contributed by atoms with Gasteiger partial charge in [0.15, 0.2) is 0 Å². The van der Waals surface area contributed by atoms with Crippen LogP contribution < -0.4 is 34.3 Å². The van der Waals surface area contributed by atoms with Crippen LogP contribution in [0.15, 0.2) is 121 Å². The number of carboxylic acids is 1. The summed E-state index contributed by atoms with van der Waals surface area (Å²) < 4.78 is 33.8. The van der Waals surface area contributed by atoms with Gasteiger partial charge in [0.25, 0.3) is 0 Å². The monoisotopic (exact) mass is 1070 g/mol. The van der Waals surface area contributed by atoms with Crippen LogP contribution in [0, 0.1) is 0 Å². The third-order valence-electron chi connectivity index (χ3n) is 13.0. The van der Waals surface area contributed by atoms with Crippen molar-refractivity contribution in [3.05, 3.63) is 138 Å². The molecule has 0 fully saturated rings. The van der Waals surface area contributed by atoms with E-state index in [4.69, 9.17) is 34.2 Å². The summed E-state index contributed by atoms with van der Waals surface area (Å²) in [7, 11) is 5.92. The number of hydrogen-bond acceptors (Lipinski definition) is 13. The zero-order valence-electron chi connectivity index (χ0n) is 46.1. The number of benzene rings is 5. The third kappa shape index (κ3) is 17.7.